The molecule has 1 aliphatic carbocycles. The number of thiophene rings is 1. The monoisotopic (exact) mass is 283 g/mol. The van der Waals surface area contributed by atoms with Gasteiger partial charge < -0.3 is 9.84 Å². The molecular weight excluding hydrogens is 266 g/mol. The fourth-order valence-corrected chi connectivity index (χ4v) is 2.71. The van der Waals surface area contributed by atoms with E-state index in [1.54, 1.807) is 26.8 Å². The average molecular weight is 283 g/mol. The highest BCUT2D eigenvalue weighted by Gasteiger charge is 2.30. The number of hydrogen-bond donors (Lipinski definition) is 2. The van der Waals surface area contributed by atoms with Crippen LogP contribution in [-0.2, 0) is 4.74 Å². The first kappa shape index (κ1) is 13.9. The Morgan fingerprint density at radius 2 is 2.05 bits per heavy atom. The van der Waals surface area contributed by atoms with Gasteiger partial charge in [-0.25, -0.2) is 9.59 Å². The smallest absolute Gasteiger partial charge is 0.412 e. The second-order valence-electron chi connectivity index (χ2n) is 5.60. The summed E-state index contributed by atoms with van der Waals surface area (Å²) in [4.78, 5) is 23.1. The van der Waals surface area contributed by atoms with Gasteiger partial charge in [-0.05, 0) is 51.2 Å². The Kier molecular flexibility index (Phi) is 3.54. The Morgan fingerprint density at radius 3 is 2.53 bits per heavy atom. The minimum Gasteiger partial charge on any atom is -0.477 e. The summed E-state index contributed by atoms with van der Waals surface area (Å²) in [5.41, 5.74) is 0.250. The van der Waals surface area contributed by atoms with Crippen LogP contribution in [0.15, 0.2) is 6.07 Å². The lowest BCUT2D eigenvalue weighted by Gasteiger charge is -2.19. The van der Waals surface area contributed by atoms with E-state index in [-0.39, 0.29) is 0 Å². The van der Waals surface area contributed by atoms with Crippen molar-refractivity contribution in [2.75, 3.05) is 5.32 Å². The Hall–Kier alpha value is -1.56. The molecule has 1 heterocycles. The molecule has 1 amide bonds. The van der Waals surface area contributed by atoms with Gasteiger partial charge in [0.25, 0.3) is 0 Å². The van der Waals surface area contributed by atoms with Crippen molar-refractivity contribution in [3.8, 4) is 0 Å². The number of nitrogens with one attached hydrogen (secondary N) is 1. The minimum absolute atomic E-state index is 0.313. The number of hydrogen-bond acceptors (Lipinski definition) is 4. The second-order valence-corrected chi connectivity index (χ2v) is 6.65. The van der Waals surface area contributed by atoms with Crippen molar-refractivity contribution in [3.63, 3.8) is 0 Å². The molecule has 19 heavy (non-hydrogen) atoms. The molecule has 0 aromatic carbocycles. The Balaban J connectivity index is 2.11. The van der Waals surface area contributed by atoms with Crippen LogP contribution >= 0.6 is 11.3 Å². The molecule has 104 valence electrons. The van der Waals surface area contributed by atoms with Gasteiger partial charge >= 0.3 is 12.1 Å². The predicted octanol–water partition coefficient (Wildman–Crippen LogP) is 3.67. The van der Waals surface area contributed by atoms with Gasteiger partial charge in [-0.15, -0.1) is 11.3 Å². The van der Waals surface area contributed by atoms with Crippen LogP contribution in [0, 0.1) is 0 Å². The first-order valence-electron chi connectivity index (χ1n) is 6.13. The molecule has 0 radical (unpaired) electrons. The number of carboxylic acids is 1. The minimum atomic E-state index is -0.941. The number of rotatable bonds is 3. The van der Waals surface area contributed by atoms with Gasteiger partial charge in [0.1, 0.15) is 10.5 Å². The zero-order valence-electron chi connectivity index (χ0n) is 11.1. The molecule has 2 rings (SSSR count). The van der Waals surface area contributed by atoms with E-state index in [9.17, 15) is 9.59 Å². The fourth-order valence-electron chi connectivity index (χ4n) is 1.74. The van der Waals surface area contributed by atoms with Gasteiger partial charge in [0.05, 0.1) is 5.00 Å². The summed E-state index contributed by atoms with van der Waals surface area (Å²) in [6.07, 6.45) is 1.47. The lowest BCUT2D eigenvalue weighted by molar-refractivity contribution is 0.0634. The van der Waals surface area contributed by atoms with Crippen molar-refractivity contribution in [2.45, 2.75) is 45.1 Å². The third-order valence-corrected chi connectivity index (χ3v) is 3.65. The molecule has 1 aromatic heterocycles. The standard InChI is InChI=1S/C13H17NO4S/c1-13(2,3)18-12(17)14-9-6-8(7-4-5-7)10(19-9)11(15)16/h6-7H,4-5H2,1-3H3,(H,14,17)(H,15,16). The van der Waals surface area contributed by atoms with Crippen molar-refractivity contribution in [1.82, 2.24) is 0 Å². The van der Waals surface area contributed by atoms with Crippen LogP contribution in [-0.4, -0.2) is 22.8 Å². The van der Waals surface area contributed by atoms with E-state index in [1.165, 1.54) is 0 Å². The lowest BCUT2D eigenvalue weighted by Crippen LogP contribution is -2.26. The van der Waals surface area contributed by atoms with E-state index in [2.05, 4.69) is 5.32 Å². The van der Waals surface area contributed by atoms with Crippen LogP contribution in [0.5, 0.6) is 0 Å². The van der Waals surface area contributed by atoms with Gasteiger partial charge in [0.15, 0.2) is 0 Å². The number of amides is 1. The molecule has 0 spiro atoms. The summed E-state index contributed by atoms with van der Waals surface area (Å²) in [7, 11) is 0. The zero-order chi connectivity index (χ0) is 14.2. The second kappa shape index (κ2) is 4.85. The lowest BCUT2D eigenvalue weighted by atomic mass is 10.1. The van der Waals surface area contributed by atoms with E-state index in [0.717, 1.165) is 29.7 Å². The van der Waals surface area contributed by atoms with Gasteiger partial charge in [0, 0.05) is 0 Å². The van der Waals surface area contributed by atoms with E-state index in [0.29, 0.717) is 15.8 Å². The maximum Gasteiger partial charge on any atom is 0.412 e. The predicted molar refractivity (Wildman–Crippen MR) is 73.1 cm³/mol. The number of ether oxygens (including phenoxy) is 1. The molecule has 0 bridgehead atoms. The highest BCUT2D eigenvalue weighted by molar-refractivity contribution is 7.18. The molecular formula is C13H17NO4S. The highest BCUT2D eigenvalue weighted by Crippen LogP contribution is 2.45. The van der Waals surface area contributed by atoms with Gasteiger partial charge in [-0.3, -0.25) is 5.32 Å². The van der Waals surface area contributed by atoms with E-state index in [4.69, 9.17) is 9.84 Å². The van der Waals surface area contributed by atoms with Gasteiger partial charge in [0.2, 0.25) is 0 Å². The van der Waals surface area contributed by atoms with Crippen molar-refractivity contribution >= 4 is 28.4 Å². The largest absolute Gasteiger partial charge is 0.477 e. The van der Waals surface area contributed by atoms with E-state index in [1.807, 2.05) is 0 Å². The summed E-state index contributed by atoms with van der Waals surface area (Å²) in [6.45, 7) is 5.33. The third kappa shape index (κ3) is 3.70. The number of carboxylic acid groups (broad SMARTS) is 1. The molecule has 6 heteroatoms. The molecule has 0 unspecified atom stereocenters. The zero-order valence-corrected chi connectivity index (χ0v) is 12.0. The number of anilines is 1. The van der Waals surface area contributed by atoms with E-state index >= 15 is 0 Å². The molecule has 2 N–H and O–H groups in total. The van der Waals surface area contributed by atoms with Crippen LogP contribution in [0.2, 0.25) is 0 Å². The number of carbonyl (C=O) groups excluding carboxylic acids is 1. The topological polar surface area (TPSA) is 75.6 Å². The quantitative estimate of drug-likeness (QED) is 0.887. The van der Waals surface area contributed by atoms with E-state index < -0.39 is 17.7 Å². The van der Waals surface area contributed by atoms with Gasteiger partial charge in [-0.1, -0.05) is 0 Å². The van der Waals surface area contributed by atoms with Crippen molar-refractivity contribution < 1.29 is 19.4 Å². The molecule has 5 nitrogen and oxygen atoms in total. The molecule has 1 fully saturated rings. The van der Waals surface area contributed by atoms with Crippen LogP contribution < -0.4 is 5.32 Å². The van der Waals surface area contributed by atoms with Crippen molar-refractivity contribution in [2.24, 2.45) is 0 Å². The first-order valence-corrected chi connectivity index (χ1v) is 6.95. The Morgan fingerprint density at radius 1 is 1.42 bits per heavy atom. The molecule has 1 aliphatic rings. The van der Waals surface area contributed by atoms with Crippen molar-refractivity contribution in [1.29, 1.82) is 0 Å². The molecule has 0 aliphatic heterocycles. The fraction of sp³-hybridized carbons (Fsp3) is 0.538. The maximum atomic E-state index is 11.6. The normalized spacial score (nSPS) is 15.1. The van der Waals surface area contributed by atoms with Crippen LogP contribution in [0.25, 0.3) is 0 Å². The van der Waals surface area contributed by atoms with Crippen LogP contribution in [0.1, 0.15) is 54.8 Å². The van der Waals surface area contributed by atoms with Crippen molar-refractivity contribution in [3.05, 3.63) is 16.5 Å². The Labute approximate surface area is 115 Å². The number of aromatic carboxylic acids is 1. The summed E-state index contributed by atoms with van der Waals surface area (Å²) in [5.74, 6) is -0.610. The first-order chi connectivity index (χ1) is 8.76. The molecule has 0 atom stereocenters. The maximum absolute atomic E-state index is 11.6. The summed E-state index contributed by atoms with van der Waals surface area (Å²) in [6, 6.07) is 1.75. The summed E-state index contributed by atoms with van der Waals surface area (Å²) >= 11 is 1.08. The number of carbonyl (C=O) groups is 2. The third-order valence-electron chi connectivity index (χ3n) is 2.60. The SMILES string of the molecule is CC(C)(C)OC(=O)Nc1cc(C2CC2)c(C(=O)O)s1. The summed E-state index contributed by atoms with van der Waals surface area (Å²) in [5, 5.41) is 12.3. The molecule has 1 saturated carbocycles. The molecule has 1 aromatic rings. The van der Waals surface area contributed by atoms with Crippen LogP contribution in [0.3, 0.4) is 0 Å². The highest BCUT2D eigenvalue weighted by atomic mass is 32.1. The Bertz CT molecular complexity index is 511. The van der Waals surface area contributed by atoms with Gasteiger partial charge in [-0.2, -0.15) is 0 Å². The average Bonchev–Trinajstić information content (AvgIpc) is 2.97. The van der Waals surface area contributed by atoms with Crippen LogP contribution in [0.4, 0.5) is 9.80 Å². The summed E-state index contributed by atoms with van der Waals surface area (Å²) < 4.78 is 5.14. The molecule has 0 saturated heterocycles.